The molecule has 1 aromatic carbocycles. The Morgan fingerprint density at radius 3 is 1.93 bits per heavy atom. The molecule has 0 saturated heterocycles. The van der Waals surface area contributed by atoms with Crippen molar-refractivity contribution in [3.05, 3.63) is 35.4 Å². The van der Waals surface area contributed by atoms with E-state index >= 15 is 0 Å². The molecule has 1 aromatic rings. The van der Waals surface area contributed by atoms with Gasteiger partial charge in [-0.15, -0.1) is 0 Å². The minimum Gasteiger partial charge on any atom is -0.228 e. The maximum Gasteiger partial charge on any atom is 0.155 e. The largest absolute Gasteiger partial charge is 0.228 e. The highest BCUT2D eigenvalue weighted by atomic mass is 32.2. The average molecular weight is 391 g/mol. The lowest BCUT2D eigenvalue weighted by molar-refractivity contribution is 0.266. The van der Waals surface area contributed by atoms with Crippen molar-refractivity contribution in [2.75, 3.05) is 5.75 Å². The molecule has 2 aliphatic rings. The summed E-state index contributed by atoms with van der Waals surface area (Å²) in [7, 11) is -3.03. The third kappa shape index (κ3) is 4.60. The zero-order valence-electron chi connectivity index (χ0n) is 17.8. The molecule has 2 aliphatic carbocycles. The van der Waals surface area contributed by atoms with Crippen LogP contribution < -0.4 is 0 Å². The first-order valence-electron chi connectivity index (χ1n) is 10.9. The van der Waals surface area contributed by atoms with E-state index in [1.807, 2.05) is 20.8 Å². The van der Waals surface area contributed by atoms with E-state index in [0.29, 0.717) is 11.2 Å². The van der Waals surface area contributed by atoms with Crippen molar-refractivity contribution in [1.29, 1.82) is 0 Å². The van der Waals surface area contributed by atoms with Gasteiger partial charge in [-0.3, -0.25) is 0 Å². The zero-order valence-corrected chi connectivity index (χ0v) is 18.6. The Morgan fingerprint density at radius 2 is 1.41 bits per heavy atom. The molecule has 0 aromatic heterocycles. The number of sulfone groups is 1. The van der Waals surface area contributed by atoms with Crippen LogP contribution in [0.4, 0.5) is 0 Å². The van der Waals surface area contributed by atoms with Gasteiger partial charge in [0.15, 0.2) is 9.84 Å². The minimum atomic E-state index is -3.03. The average Bonchev–Trinajstić information content (AvgIpc) is 3.13. The molecule has 2 fully saturated rings. The predicted molar refractivity (Wildman–Crippen MR) is 115 cm³/mol. The van der Waals surface area contributed by atoms with Crippen molar-refractivity contribution < 1.29 is 8.42 Å². The van der Waals surface area contributed by atoms with Gasteiger partial charge in [0, 0.05) is 0 Å². The number of fused-ring (bicyclic) bond motifs is 2. The van der Waals surface area contributed by atoms with Crippen LogP contribution in [0.25, 0.3) is 0 Å². The zero-order chi connectivity index (χ0) is 19.8. The summed E-state index contributed by atoms with van der Waals surface area (Å²) < 4.78 is 24.9. The molecule has 3 heteroatoms. The molecule has 0 amide bonds. The molecule has 0 heterocycles. The van der Waals surface area contributed by atoms with Gasteiger partial charge in [-0.1, -0.05) is 37.6 Å². The second kappa shape index (κ2) is 7.54. The topological polar surface area (TPSA) is 34.1 Å². The van der Waals surface area contributed by atoms with Crippen LogP contribution in [0.5, 0.6) is 0 Å². The lowest BCUT2D eigenvalue weighted by atomic mass is 9.79. The number of benzene rings is 1. The van der Waals surface area contributed by atoms with Crippen LogP contribution in [-0.4, -0.2) is 18.9 Å². The van der Waals surface area contributed by atoms with Crippen LogP contribution in [0.1, 0.15) is 90.2 Å². The van der Waals surface area contributed by atoms with Crippen molar-refractivity contribution in [2.45, 2.75) is 96.7 Å². The van der Waals surface area contributed by atoms with E-state index in [2.05, 4.69) is 31.2 Å². The highest BCUT2D eigenvalue weighted by molar-refractivity contribution is 7.92. The Morgan fingerprint density at radius 1 is 0.889 bits per heavy atom. The van der Waals surface area contributed by atoms with Crippen molar-refractivity contribution in [3.63, 3.8) is 0 Å². The van der Waals surface area contributed by atoms with Crippen molar-refractivity contribution in [1.82, 2.24) is 0 Å². The fourth-order valence-electron chi connectivity index (χ4n) is 5.28. The number of hydrogen-bond donors (Lipinski definition) is 0. The third-order valence-corrected chi connectivity index (χ3v) is 10.2. The van der Waals surface area contributed by atoms with E-state index < -0.39 is 14.6 Å². The monoisotopic (exact) mass is 390 g/mol. The number of unbranched alkanes of at least 4 members (excludes halogenated alkanes) is 1. The molecule has 0 atom stereocenters. The summed E-state index contributed by atoms with van der Waals surface area (Å²) in [5, 5.41) is 0. The lowest BCUT2D eigenvalue weighted by Gasteiger charge is -2.30. The lowest BCUT2D eigenvalue weighted by Crippen LogP contribution is -2.37. The number of aryl methyl sites for hydroxylation is 2. The highest BCUT2D eigenvalue weighted by Crippen LogP contribution is 2.64. The van der Waals surface area contributed by atoms with E-state index in [1.165, 1.54) is 49.7 Å². The molecule has 0 unspecified atom stereocenters. The maximum absolute atomic E-state index is 12.8. The second-order valence-electron chi connectivity index (χ2n) is 10.5. The van der Waals surface area contributed by atoms with Crippen LogP contribution in [0, 0.1) is 10.8 Å². The predicted octanol–water partition coefficient (Wildman–Crippen LogP) is 6.13. The smallest absolute Gasteiger partial charge is 0.155 e. The standard InChI is InChI=1S/C24H38O2S/c1-5-6-7-20-8-10-21(11-9-20)12-13-23-14-16-24(18-23,17-15-23)19-27(25,26)22(2,3)4/h8-11H,5-7,12-19H2,1-4H3. The summed E-state index contributed by atoms with van der Waals surface area (Å²) in [6.45, 7) is 7.78. The summed E-state index contributed by atoms with van der Waals surface area (Å²) in [4.78, 5) is 0. The van der Waals surface area contributed by atoms with E-state index in [-0.39, 0.29) is 5.41 Å². The van der Waals surface area contributed by atoms with Crippen LogP contribution in [0.2, 0.25) is 0 Å². The molecule has 152 valence electrons. The van der Waals surface area contributed by atoms with Crippen LogP contribution in [0.15, 0.2) is 24.3 Å². The molecule has 0 spiro atoms. The van der Waals surface area contributed by atoms with Gasteiger partial charge in [-0.05, 0) is 101 Å². The Kier molecular flexibility index (Phi) is 5.83. The summed E-state index contributed by atoms with van der Waals surface area (Å²) in [5.41, 5.74) is 3.35. The van der Waals surface area contributed by atoms with Gasteiger partial charge in [-0.2, -0.15) is 0 Å². The summed E-state index contributed by atoms with van der Waals surface area (Å²) in [5.74, 6) is 0.400. The van der Waals surface area contributed by atoms with Crippen LogP contribution >= 0.6 is 0 Å². The fraction of sp³-hybridized carbons (Fsp3) is 0.750. The molecule has 2 nitrogen and oxygen atoms in total. The first-order valence-corrected chi connectivity index (χ1v) is 12.5. The molecule has 0 N–H and O–H groups in total. The molecule has 0 aliphatic heterocycles. The fourth-order valence-corrected chi connectivity index (χ4v) is 6.91. The van der Waals surface area contributed by atoms with Gasteiger partial charge in [-0.25, -0.2) is 8.42 Å². The molecule has 27 heavy (non-hydrogen) atoms. The molecule has 0 radical (unpaired) electrons. The van der Waals surface area contributed by atoms with E-state index in [1.54, 1.807) is 0 Å². The van der Waals surface area contributed by atoms with E-state index in [0.717, 1.165) is 25.7 Å². The normalized spacial score (nSPS) is 28.0. The third-order valence-electron chi connectivity index (χ3n) is 7.34. The summed E-state index contributed by atoms with van der Waals surface area (Å²) in [6, 6.07) is 9.21. The quantitative estimate of drug-likeness (QED) is 0.535. The van der Waals surface area contributed by atoms with Crippen LogP contribution in [0.3, 0.4) is 0 Å². The van der Waals surface area contributed by atoms with E-state index in [4.69, 9.17) is 0 Å². The SMILES string of the molecule is CCCCc1ccc(CCC23CCC(CS(=O)(=O)C(C)(C)C)(CC2)C3)cc1. The number of rotatable bonds is 8. The second-order valence-corrected chi connectivity index (χ2v) is 13.2. The minimum absolute atomic E-state index is 0.0656. The first kappa shape index (κ1) is 20.9. The first-order chi connectivity index (χ1) is 12.6. The van der Waals surface area contributed by atoms with Crippen molar-refractivity contribution in [3.8, 4) is 0 Å². The van der Waals surface area contributed by atoms with Gasteiger partial charge < -0.3 is 0 Å². The Bertz CT molecular complexity index is 730. The highest BCUT2D eigenvalue weighted by Gasteiger charge is 2.55. The van der Waals surface area contributed by atoms with E-state index in [9.17, 15) is 8.42 Å². The van der Waals surface area contributed by atoms with Gasteiger partial charge in [0.2, 0.25) is 0 Å². The summed E-state index contributed by atoms with van der Waals surface area (Å²) >= 11 is 0. The van der Waals surface area contributed by atoms with Crippen molar-refractivity contribution >= 4 is 9.84 Å². The van der Waals surface area contributed by atoms with Gasteiger partial charge in [0.1, 0.15) is 0 Å². The summed E-state index contributed by atoms with van der Waals surface area (Å²) in [6.07, 6.45) is 11.8. The maximum atomic E-state index is 12.8. The van der Waals surface area contributed by atoms with Gasteiger partial charge in [0.25, 0.3) is 0 Å². The Hall–Kier alpha value is -0.830. The Balaban J connectivity index is 1.58. The molecular formula is C24H38O2S. The molecule has 2 saturated carbocycles. The molecule has 3 rings (SSSR count). The Labute approximate surface area is 167 Å². The van der Waals surface area contributed by atoms with Gasteiger partial charge in [0.05, 0.1) is 10.5 Å². The number of hydrogen-bond acceptors (Lipinski definition) is 2. The molecule has 2 bridgehead atoms. The van der Waals surface area contributed by atoms with Crippen LogP contribution in [-0.2, 0) is 22.7 Å². The van der Waals surface area contributed by atoms with Crippen molar-refractivity contribution in [2.24, 2.45) is 10.8 Å². The van der Waals surface area contributed by atoms with Gasteiger partial charge >= 0.3 is 0 Å². The molecular weight excluding hydrogens is 352 g/mol.